The van der Waals surface area contributed by atoms with Gasteiger partial charge in [0, 0.05) is 12.8 Å². The van der Waals surface area contributed by atoms with E-state index in [1.54, 1.807) is 0 Å². The number of carbonyl (C=O) groups is 2. The molecule has 27 heavy (non-hydrogen) atoms. The summed E-state index contributed by atoms with van der Waals surface area (Å²) in [5.41, 5.74) is 0. The number of hydrogen-bond acceptors (Lipinski definition) is 3. The van der Waals surface area contributed by atoms with Crippen LogP contribution in [-0.2, 0) is 14.3 Å². The Morgan fingerprint density at radius 3 is 2.11 bits per heavy atom. The first-order chi connectivity index (χ1) is 13.1. The average molecular weight is 383 g/mol. The van der Waals surface area contributed by atoms with Crippen molar-refractivity contribution in [1.29, 1.82) is 0 Å². The standard InChI is InChI=1S/C23H42O4/c1-3-5-6-7-8-9-10-11-12-16-20-23(26)27-21(17-4-2)18-14-13-15-19-22(24)25/h6-7,21H,3-5,8-20H2,1-2H3,(H,24,25)/b7-6-. The van der Waals surface area contributed by atoms with Crippen LogP contribution in [0.2, 0.25) is 0 Å². The average Bonchev–Trinajstić information content (AvgIpc) is 2.62. The van der Waals surface area contributed by atoms with Gasteiger partial charge in [0.1, 0.15) is 6.10 Å². The van der Waals surface area contributed by atoms with E-state index in [2.05, 4.69) is 26.0 Å². The Morgan fingerprint density at radius 1 is 0.778 bits per heavy atom. The van der Waals surface area contributed by atoms with E-state index < -0.39 is 5.97 Å². The van der Waals surface area contributed by atoms with Gasteiger partial charge in [-0.1, -0.05) is 64.5 Å². The van der Waals surface area contributed by atoms with Crippen LogP contribution in [0.1, 0.15) is 117 Å². The number of carbonyl (C=O) groups excluding carboxylic acids is 1. The number of allylic oxidation sites excluding steroid dienone is 2. The lowest BCUT2D eigenvalue weighted by molar-refractivity contribution is -0.150. The molecule has 0 radical (unpaired) electrons. The van der Waals surface area contributed by atoms with Crippen LogP contribution in [0.25, 0.3) is 0 Å². The third-order valence-corrected chi connectivity index (χ3v) is 4.70. The van der Waals surface area contributed by atoms with E-state index in [4.69, 9.17) is 9.84 Å². The van der Waals surface area contributed by atoms with Gasteiger partial charge in [-0.2, -0.15) is 0 Å². The number of unbranched alkanes of at least 4 members (excludes halogenated alkanes) is 8. The van der Waals surface area contributed by atoms with Gasteiger partial charge >= 0.3 is 11.9 Å². The summed E-state index contributed by atoms with van der Waals surface area (Å²) in [5.74, 6) is -0.805. The van der Waals surface area contributed by atoms with Crippen molar-refractivity contribution < 1.29 is 19.4 Å². The summed E-state index contributed by atoms with van der Waals surface area (Å²) in [6.45, 7) is 4.30. The fraction of sp³-hybridized carbons (Fsp3) is 0.826. The van der Waals surface area contributed by atoms with E-state index in [-0.39, 0.29) is 18.5 Å². The highest BCUT2D eigenvalue weighted by atomic mass is 16.5. The number of carboxylic acid groups (broad SMARTS) is 1. The van der Waals surface area contributed by atoms with Crippen LogP contribution < -0.4 is 0 Å². The van der Waals surface area contributed by atoms with Crippen LogP contribution in [0.4, 0.5) is 0 Å². The SMILES string of the molecule is CCC/C=C\CCCCCCCC(=O)OC(CCC)CCCCCC(=O)O. The van der Waals surface area contributed by atoms with Gasteiger partial charge in [0.25, 0.3) is 0 Å². The summed E-state index contributed by atoms with van der Waals surface area (Å²) >= 11 is 0. The molecule has 1 unspecified atom stereocenters. The minimum absolute atomic E-state index is 0.00207. The van der Waals surface area contributed by atoms with Crippen molar-refractivity contribution in [3.63, 3.8) is 0 Å². The number of ether oxygens (including phenoxy) is 1. The molecule has 0 rings (SSSR count). The Labute approximate surface area is 166 Å². The summed E-state index contributed by atoms with van der Waals surface area (Å²) in [4.78, 5) is 22.5. The fourth-order valence-electron chi connectivity index (χ4n) is 3.12. The lowest BCUT2D eigenvalue weighted by atomic mass is 10.1. The second-order valence-electron chi connectivity index (χ2n) is 7.46. The molecule has 1 atom stereocenters. The van der Waals surface area contributed by atoms with Crippen molar-refractivity contribution in [3.05, 3.63) is 12.2 Å². The molecule has 0 aliphatic rings. The van der Waals surface area contributed by atoms with Crippen molar-refractivity contribution in [3.8, 4) is 0 Å². The number of aliphatic carboxylic acids is 1. The largest absolute Gasteiger partial charge is 0.481 e. The van der Waals surface area contributed by atoms with Crippen molar-refractivity contribution >= 4 is 11.9 Å². The van der Waals surface area contributed by atoms with Crippen LogP contribution in [0.5, 0.6) is 0 Å². The van der Waals surface area contributed by atoms with Crippen molar-refractivity contribution in [2.24, 2.45) is 0 Å². The van der Waals surface area contributed by atoms with E-state index in [0.717, 1.165) is 44.9 Å². The third-order valence-electron chi connectivity index (χ3n) is 4.70. The molecular formula is C23H42O4. The minimum atomic E-state index is -0.737. The highest BCUT2D eigenvalue weighted by molar-refractivity contribution is 5.69. The highest BCUT2D eigenvalue weighted by Crippen LogP contribution is 2.15. The summed E-state index contributed by atoms with van der Waals surface area (Å²) in [6, 6.07) is 0. The maximum Gasteiger partial charge on any atom is 0.306 e. The molecule has 1 N–H and O–H groups in total. The first-order valence-corrected chi connectivity index (χ1v) is 11.2. The number of hydrogen-bond donors (Lipinski definition) is 1. The van der Waals surface area contributed by atoms with Crippen LogP contribution in [-0.4, -0.2) is 23.1 Å². The topological polar surface area (TPSA) is 63.6 Å². The molecule has 0 amide bonds. The van der Waals surface area contributed by atoms with Gasteiger partial charge in [0.15, 0.2) is 0 Å². The minimum Gasteiger partial charge on any atom is -0.481 e. The van der Waals surface area contributed by atoms with E-state index >= 15 is 0 Å². The molecule has 0 saturated carbocycles. The Balaban J connectivity index is 3.68. The highest BCUT2D eigenvalue weighted by Gasteiger charge is 2.13. The van der Waals surface area contributed by atoms with Gasteiger partial charge in [-0.05, 0) is 51.4 Å². The predicted octanol–water partition coefficient (Wildman–Crippen LogP) is 6.82. The molecule has 4 nitrogen and oxygen atoms in total. The first-order valence-electron chi connectivity index (χ1n) is 11.2. The predicted molar refractivity (Wildman–Crippen MR) is 112 cm³/mol. The molecule has 0 aromatic carbocycles. The Bertz CT molecular complexity index is 390. The van der Waals surface area contributed by atoms with Gasteiger partial charge in [0.05, 0.1) is 0 Å². The summed E-state index contributed by atoms with van der Waals surface area (Å²) in [5, 5.41) is 8.65. The Kier molecular flexibility index (Phi) is 18.5. The number of rotatable bonds is 19. The van der Waals surface area contributed by atoms with E-state index in [9.17, 15) is 9.59 Å². The Morgan fingerprint density at radius 2 is 1.41 bits per heavy atom. The van der Waals surface area contributed by atoms with Gasteiger partial charge in [-0.3, -0.25) is 9.59 Å². The second-order valence-corrected chi connectivity index (χ2v) is 7.46. The fourth-order valence-corrected chi connectivity index (χ4v) is 3.12. The first kappa shape index (κ1) is 25.7. The molecule has 0 saturated heterocycles. The maximum absolute atomic E-state index is 12.0. The molecular weight excluding hydrogens is 340 g/mol. The van der Waals surface area contributed by atoms with E-state index in [0.29, 0.717) is 12.8 Å². The van der Waals surface area contributed by atoms with E-state index in [1.165, 1.54) is 38.5 Å². The lowest BCUT2D eigenvalue weighted by Gasteiger charge is -2.17. The zero-order valence-corrected chi connectivity index (χ0v) is 17.7. The lowest BCUT2D eigenvalue weighted by Crippen LogP contribution is -2.18. The molecule has 0 spiro atoms. The molecule has 0 aliphatic heterocycles. The molecule has 0 fully saturated rings. The van der Waals surface area contributed by atoms with Crippen molar-refractivity contribution in [1.82, 2.24) is 0 Å². The van der Waals surface area contributed by atoms with Crippen LogP contribution >= 0.6 is 0 Å². The van der Waals surface area contributed by atoms with Gasteiger partial charge in [0.2, 0.25) is 0 Å². The van der Waals surface area contributed by atoms with Crippen LogP contribution in [0, 0.1) is 0 Å². The molecule has 0 aliphatic carbocycles. The van der Waals surface area contributed by atoms with Gasteiger partial charge < -0.3 is 9.84 Å². The zero-order valence-electron chi connectivity index (χ0n) is 17.7. The van der Waals surface area contributed by atoms with Gasteiger partial charge in [-0.15, -0.1) is 0 Å². The zero-order chi connectivity index (χ0) is 20.2. The maximum atomic E-state index is 12.0. The summed E-state index contributed by atoms with van der Waals surface area (Å²) in [6.07, 6.45) is 19.8. The molecule has 4 heteroatoms. The summed E-state index contributed by atoms with van der Waals surface area (Å²) in [7, 11) is 0. The van der Waals surface area contributed by atoms with E-state index in [1.807, 2.05) is 0 Å². The van der Waals surface area contributed by atoms with Crippen molar-refractivity contribution in [2.75, 3.05) is 0 Å². The second kappa shape index (κ2) is 19.4. The number of carboxylic acids is 1. The van der Waals surface area contributed by atoms with Crippen LogP contribution in [0.3, 0.4) is 0 Å². The number of esters is 1. The Hall–Kier alpha value is -1.32. The van der Waals surface area contributed by atoms with Crippen LogP contribution in [0.15, 0.2) is 12.2 Å². The third kappa shape index (κ3) is 19.3. The molecule has 158 valence electrons. The molecule has 0 aromatic rings. The van der Waals surface area contributed by atoms with Gasteiger partial charge in [-0.25, -0.2) is 0 Å². The quantitative estimate of drug-likeness (QED) is 0.151. The summed E-state index contributed by atoms with van der Waals surface area (Å²) < 4.78 is 5.64. The molecule has 0 aromatic heterocycles. The molecule has 0 bridgehead atoms. The monoisotopic (exact) mass is 382 g/mol. The van der Waals surface area contributed by atoms with Crippen molar-refractivity contribution in [2.45, 2.75) is 123 Å². The normalized spacial score (nSPS) is 12.4. The smallest absolute Gasteiger partial charge is 0.306 e. The molecule has 0 heterocycles.